The molecule has 2 saturated heterocycles. The first-order valence-electron chi connectivity index (χ1n) is 8.36. The third-order valence-corrected chi connectivity index (χ3v) is 6.70. The van der Waals surface area contributed by atoms with Crippen LogP contribution in [0.15, 0.2) is 24.5 Å². The van der Waals surface area contributed by atoms with E-state index in [1.807, 2.05) is 12.1 Å². The Morgan fingerprint density at radius 3 is 2.65 bits per heavy atom. The summed E-state index contributed by atoms with van der Waals surface area (Å²) in [5, 5.41) is 3.30. The van der Waals surface area contributed by atoms with E-state index in [1.165, 1.54) is 0 Å². The average molecular weight is 338 g/mol. The number of pyridine rings is 1. The van der Waals surface area contributed by atoms with E-state index < -0.39 is 10.2 Å². The van der Waals surface area contributed by atoms with Crippen LogP contribution in [-0.2, 0) is 10.2 Å². The van der Waals surface area contributed by atoms with E-state index in [4.69, 9.17) is 0 Å². The Morgan fingerprint density at radius 2 is 2.00 bits per heavy atom. The van der Waals surface area contributed by atoms with Crippen molar-refractivity contribution >= 4 is 10.2 Å². The van der Waals surface area contributed by atoms with E-state index in [-0.39, 0.29) is 6.04 Å². The van der Waals surface area contributed by atoms with Gasteiger partial charge >= 0.3 is 0 Å². The van der Waals surface area contributed by atoms with E-state index in [0.717, 1.165) is 12.0 Å². The summed E-state index contributed by atoms with van der Waals surface area (Å²) < 4.78 is 29.8. The van der Waals surface area contributed by atoms with Crippen LogP contribution in [0.25, 0.3) is 0 Å². The number of rotatable bonds is 3. The van der Waals surface area contributed by atoms with E-state index >= 15 is 0 Å². The Kier molecular flexibility index (Phi) is 5.01. The fourth-order valence-electron chi connectivity index (χ4n) is 3.76. The number of piperidine rings is 1. The van der Waals surface area contributed by atoms with Crippen molar-refractivity contribution in [2.75, 3.05) is 32.7 Å². The molecule has 1 N–H and O–H groups in total. The third-order valence-electron chi connectivity index (χ3n) is 4.72. The maximum Gasteiger partial charge on any atom is 0.282 e. The van der Waals surface area contributed by atoms with Crippen molar-refractivity contribution in [3.05, 3.63) is 30.1 Å². The third kappa shape index (κ3) is 3.57. The van der Waals surface area contributed by atoms with E-state index in [1.54, 1.807) is 21.0 Å². The molecule has 0 aromatic carbocycles. The summed E-state index contributed by atoms with van der Waals surface area (Å²) in [6, 6.07) is 3.63. The summed E-state index contributed by atoms with van der Waals surface area (Å²) in [6.07, 6.45) is 4.58. The Morgan fingerprint density at radius 1 is 1.26 bits per heavy atom. The monoisotopic (exact) mass is 338 g/mol. The van der Waals surface area contributed by atoms with Crippen LogP contribution in [0.5, 0.6) is 0 Å². The van der Waals surface area contributed by atoms with Crippen molar-refractivity contribution < 1.29 is 8.42 Å². The number of nitrogens with zero attached hydrogens (tertiary/aromatic N) is 3. The minimum absolute atomic E-state index is 0.185. The molecule has 3 unspecified atom stereocenters. The van der Waals surface area contributed by atoms with Crippen LogP contribution in [0.3, 0.4) is 0 Å². The first-order chi connectivity index (χ1) is 11.0. The van der Waals surface area contributed by atoms with Crippen LogP contribution in [0.2, 0.25) is 0 Å². The highest BCUT2D eigenvalue weighted by atomic mass is 32.2. The Hall–Kier alpha value is -1.02. The highest BCUT2D eigenvalue weighted by molar-refractivity contribution is 7.86. The molecule has 1 aromatic heterocycles. The standard InChI is InChI=1S/C16H26N4O2S/c1-13-8-14(2)12-19(11-13)23(21,22)20-7-6-18-10-16(20)15-4-3-5-17-9-15/h3-5,9,13-14,16,18H,6-8,10-12H2,1-2H3. The fourth-order valence-corrected chi connectivity index (χ4v) is 5.78. The Labute approximate surface area is 139 Å². The molecule has 0 radical (unpaired) electrons. The molecule has 23 heavy (non-hydrogen) atoms. The molecule has 3 atom stereocenters. The SMILES string of the molecule is CC1CC(C)CN(S(=O)(=O)N2CCNCC2c2cccnc2)C1. The molecule has 7 heteroatoms. The predicted octanol–water partition coefficient (Wildman–Crippen LogP) is 1.25. The highest BCUT2D eigenvalue weighted by Crippen LogP contribution is 2.30. The molecule has 2 aliphatic heterocycles. The van der Waals surface area contributed by atoms with E-state index in [9.17, 15) is 8.42 Å². The second-order valence-corrected chi connectivity index (χ2v) is 8.77. The van der Waals surface area contributed by atoms with Crippen LogP contribution in [-0.4, -0.2) is 54.7 Å². The van der Waals surface area contributed by atoms with Crippen molar-refractivity contribution in [2.24, 2.45) is 11.8 Å². The highest BCUT2D eigenvalue weighted by Gasteiger charge is 2.39. The van der Waals surface area contributed by atoms with Gasteiger partial charge < -0.3 is 5.32 Å². The van der Waals surface area contributed by atoms with Gasteiger partial charge in [0.15, 0.2) is 0 Å². The molecule has 0 aliphatic carbocycles. The van der Waals surface area contributed by atoms with Crippen molar-refractivity contribution in [1.29, 1.82) is 0 Å². The molecule has 0 amide bonds. The first-order valence-corrected chi connectivity index (χ1v) is 9.75. The van der Waals surface area contributed by atoms with Crippen LogP contribution in [0.1, 0.15) is 31.9 Å². The minimum Gasteiger partial charge on any atom is -0.313 e. The number of hydrogen-bond acceptors (Lipinski definition) is 4. The van der Waals surface area contributed by atoms with Gasteiger partial charge in [0, 0.05) is 45.1 Å². The van der Waals surface area contributed by atoms with Crippen molar-refractivity contribution in [3.63, 3.8) is 0 Å². The lowest BCUT2D eigenvalue weighted by Gasteiger charge is -2.41. The second-order valence-electron chi connectivity index (χ2n) is 6.89. The van der Waals surface area contributed by atoms with Gasteiger partial charge in [0.25, 0.3) is 10.2 Å². The molecular weight excluding hydrogens is 312 g/mol. The normalized spacial score (nSPS) is 31.1. The van der Waals surface area contributed by atoms with Crippen molar-refractivity contribution in [3.8, 4) is 0 Å². The molecule has 1 aromatic rings. The molecule has 128 valence electrons. The predicted molar refractivity (Wildman–Crippen MR) is 90.0 cm³/mol. The van der Waals surface area contributed by atoms with Crippen molar-refractivity contribution in [2.45, 2.75) is 26.3 Å². The molecule has 3 heterocycles. The van der Waals surface area contributed by atoms with E-state index in [0.29, 0.717) is 44.6 Å². The molecule has 0 saturated carbocycles. The van der Waals surface area contributed by atoms with Crippen LogP contribution in [0, 0.1) is 11.8 Å². The molecular formula is C16H26N4O2S. The van der Waals surface area contributed by atoms with Gasteiger partial charge in [0.1, 0.15) is 0 Å². The number of nitrogens with one attached hydrogen (secondary N) is 1. The summed E-state index contributed by atoms with van der Waals surface area (Å²) in [4.78, 5) is 4.15. The summed E-state index contributed by atoms with van der Waals surface area (Å²) in [5.41, 5.74) is 0.946. The van der Waals surface area contributed by atoms with Gasteiger partial charge in [0.2, 0.25) is 0 Å². The van der Waals surface area contributed by atoms with Crippen molar-refractivity contribution in [1.82, 2.24) is 18.9 Å². The summed E-state index contributed by atoms with van der Waals surface area (Å²) in [5.74, 6) is 0.821. The van der Waals surface area contributed by atoms with Gasteiger partial charge in [-0.05, 0) is 29.9 Å². The molecule has 0 spiro atoms. The first kappa shape index (κ1) is 16.8. The molecule has 2 fully saturated rings. The molecule has 3 rings (SSSR count). The summed E-state index contributed by atoms with van der Waals surface area (Å²) in [6.45, 7) is 7.33. The van der Waals surface area contributed by atoms with Gasteiger partial charge in [-0.25, -0.2) is 0 Å². The smallest absolute Gasteiger partial charge is 0.282 e. The Bertz CT molecular complexity index is 612. The zero-order chi connectivity index (χ0) is 16.4. The average Bonchev–Trinajstić information content (AvgIpc) is 2.55. The lowest BCUT2D eigenvalue weighted by atomic mass is 9.94. The molecule has 6 nitrogen and oxygen atoms in total. The zero-order valence-corrected chi connectivity index (χ0v) is 14.7. The number of aromatic nitrogens is 1. The topological polar surface area (TPSA) is 65.5 Å². The van der Waals surface area contributed by atoms with Crippen LogP contribution < -0.4 is 5.32 Å². The number of hydrogen-bond donors (Lipinski definition) is 1. The van der Waals surface area contributed by atoms with Crippen LogP contribution >= 0.6 is 0 Å². The zero-order valence-electron chi connectivity index (χ0n) is 13.9. The maximum absolute atomic E-state index is 13.2. The fraction of sp³-hybridized carbons (Fsp3) is 0.688. The van der Waals surface area contributed by atoms with Gasteiger partial charge in [-0.15, -0.1) is 0 Å². The lowest BCUT2D eigenvalue weighted by Crippen LogP contribution is -2.55. The van der Waals surface area contributed by atoms with Gasteiger partial charge in [0.05, 0.1) is 6.04 Å². The summed E-state index contributed by atoms with van der Waals surface area (Å²) >= 11 is 0. The molecule has 2 aliphatic rings. The molecule has 0 bridgehead atoms. The minimum atomic E-state index is -3.45. The summed E-state index contributed by atoms with van der Waals surface area (Å²) in [7, 11) is -3.45. The second kappa shape index (κ2) is 6.84. The van der Waals surface area contributed by atoms with Crippen LogP contribution in [0.4, 0.5) is 0 Å². The number of piperazine rings is 1. The lowest BCUT2D eigenvalue weighted by molar-refractivity contribution is 0.190. The van der Waals surface area contributed by atoms with Gasteiger partial charge in [-0.1, -0.05) is 19.9 Å². The maximum atomic E-state index is 13.2. The Balaban J connectivity index is 1.87. The van der Waals surface area contributed by atoms with Gasteiger partial charge in [-0.2, -0.15) is 17.0 Å². The van der Waals surface area contributed by atoms with Gasteiger partial charge in [-0.3, -0.25) is 4.98 Å². The largest absolute Gasteiger partial charge is 0.313 e. The van der Waals surface area contributed by atoms with E-state index in [2.05, 4.69) is 24.1 Å². The quantitative estimate of drug-likeness (QED) is 0.901.